The molecule has 1 aromatic rings. The third-order valence-electron chi connectivity index (χ3n) is 2.66. The minimum Gasteiger partial charge on any atom is -0.337 e. The molecular weight excluding hydrogens is 259 g/mol. The van der Waals surface area contributed by atoms with Crippen molar-refractivity contribution in [3.05, 3.63) is 35.9 Å². The minimum atomic E-state index is -1.08. The Labute approximate surface area is 116 Å². The Morgan fingerprint density at radius 3 is 2.47 bits per heavy atom. The van der Waals surface area contributed by atoms with Crippen LogP contribution in [-0.2, 0) is 13.8 Å². The van der Waals surface area contributed by atoms with Crippen LogP contribution in [0, 0.1) is 17.8 Å². The molecule has 102 valence electrons. The Kier molecular flexibility index (Phi) is 7.36. The van der Waals surface area contributed by atoms with Crippen molar-refractivity contribution in [3.8, 4) is 11.8 Å². The van der Waals surface area contributed by atoms with Crippen LogP contribution in [0.5, 0.6) is 0 Å². The standard InChI is InChI=1S/C15H19O3P/c1-13(15(16)12-19(17-2)18-3)8-7-11-14-9-5-4-6-10-14/h4-6,9-10,13H,8,12H2,1-3H3. The monoisotopic (exact) mass is 278 g/mol. The quantitative estimate of drug-likeness (QED) is 0.592. The van der Waals surface area contributed by atoms with Gasteiger partial charge in [-0.2, -0.15) is 0 Å². The zero-order valence-electron chi connectivity index (χ0n) is 11.6. The van der Waals surface area contributed by atoms with Gasteiger partial charge in [-0.05, 0) is 12.1 Å². The van der Waals surface area contributed by atoms with Crippen molar-refractivity contribution >= 4 is 14.2 Å². The van der Waals surface area contributed by atoms with E-state index in [-0.39, 0.29) is 11.7 Å². The zero-order valence-corrected chi connectivity index (χ0v) is 12.4. The van der Waals surface area contributed by atoms with Gasteiger partial charge in [-0.25, -0.2) is 0 Å². The lowest BCUT2D eigenvalue weighted by molar-refractivity contribution is -0.119. The maximum Gasteiger partial charge on any atom is 0.177 e. The van der Waals surface area contributed by atoms with Crippen LogP contribution in [0.15, 0.2) is 30.3 Å². The number of Topliss-reactive ketones (excluding diaryl/α,β-unsaturated/α-hetero) is 1. The highest BCUT2D eigenvalue weighted by molar-refractivity contribution is 7.48. The molecule has 1 aromatic carbocycles. The Balaban J connectivity index is 2.45. The highest BCUT2D eigenvalue weighted by Gasteiger charge is 2.18. The molecule has 0 spiro atoms. The van der Waals surface area contributed by atoms with Gasteiger partial charge < -0.3 is 9.05 Å². The number of carbonyl (C=O) groups is 1. The second-order valence-corrected chi connectivity index (χ2v) is 5.81. The van der Waals surface area contributed by atoms with Gasteiger partial charge >= 0.3 is 0 Å². The summed E-state index contributed by atoms with van der Waals surface area (Å²) in [5, 5.41) is 0. The van der Waals surface area contributed by atoms with Gasteiger partial charge in [0, 0.05) is 32.1 Å². The molecule has 1 rings (SSSR count). The van der Waals surface area contributed by atoms with Crippen molar-refractivity contribution in [2.24, 2.45) is 5.92 Å². The average Bonchev–Trinajstić information content (AvgIpc) is 2.45. The molecule has 0 aromatic heterocycles. The summed E-state index contributed by atoms with van der Waals surface area (Å²) in [7, 11) is 2.03. The van der Waals surface area contributed by atoms with Crippen LogP contribution in [0.25, 0.3) is 0 Å². The second-order valence-electron chi connectivity index (χ2n) is 4.10. The molecule has 0 aliphatic rings. The van der Waals surface area contributed by atoms with Gasteiger partial charge in [-0.1, -0.05) is 37.0 Å². The van der Waals surface area contributed by atoms with Gasteiger partial charge in [0.1, 0.15) is 5.78 Å². The smallest absolute Gasteiger partial charge is 0.177 e. The van der Waals surface area contributed by atoms with Crippen molar-refractivity contribution in [2.75, 3.05) is 20.4 Å². The molecule has 0 N–H and O–H groups in total. The molecule has 0 saturated carbocycles. The highest BCUT2D eigenvalue weighted by atomic mass is 31.2. The molecule has 0 aliphatic heterocycles. The van der Waals surface area contributed by atoms with Gasteiger partial charge in [0.2, 0.25) is 0 Å². The Bertz CT molecular complexity index is 443. The molecule has 0 bridgehead atoms. The van der Waals surface area contributed by atoms with Crippen LogP contribution in [0.1, 0.15) is 18.9 Å². The van der Waals surface area contributed by atoms with E-state index in [9.17, 15) is 4.79 Å². The number of ketones is 1. The first-order chi connectivity index (χ1) is 9.17. The summed E-state index contributed by atoms with van der Waals surface area (Å²) in [4.78, 5) is 11.9. The predicted octanol–water partition coefficient (Wildman–Crippen LogP) is 3.24. The largest absolute Gasteiger partial charge is 0.337 e. The van der Waals surface area contributed by atoms with Crippen molar-refractivity contribution < 1.29 is 13.8 Å². The summed E-state index contributed by atoms with van der Waals surface area (Å²) in [6, 6.07) is 9.75. The van der Waals surface area contributed by atoms with E-state index < -0.39 is 8.38 Å². The molecule has 0 fully saturated rings. The summed E-state index contributed by atoms with van der Waals surface area (Å²) >= 11 is 0. The predicted molar refractivity (Wildman–Crippen MR) is 77.9 cm³/mol. The van der Waals surface area contributed by atoms with E-state index in [1.807, 2.05) is 37.3 Å². The number of benzene rings is 1. The fraction of sp³-hybridized carbons (Fsp3) is 0.400. The fourth-order valence-electron chi connectivity index (χ4n) is 1.43. The summed E-state index contributed by atoms with van der Waals surface area (Å²) in [5.74, 6) is 6.14. The van der Waals surface area contributed by atoms with Crippen LogP contribution < -0.4 is 0 Å². The minimum absolute atomic E-state index is 0.0912. The van der Waals surface area contributed by atoms with E-state index in [0.717, 1.165) is 5.56 Å². The van der Waals surface area contributed by atoms with Crippen molar-refractivity contribution in [1.82, 2.24) is 0 Å². The van der Waals surface area contributed by atoms with Crippen molar-refractivity contribution in [3.63, 3.8) is 0 Å². The van der Waals surface area contributed by atoms with E-state index in [1.165, 1.54) is 0 Å². The van der Waals surface area contributed by atoms with E-state index in [2.05, 4.69) is 11.8 Å². The Morgan fingerprint density at radius 2 is 1.89 bits per heavy atom. The molecule has 0 radical (unpaired) electrons. The molecule has 1 atom stereocenters. The first kappa shape index (κ1) is 15.9. The van der Waals surface area contributed by atoms with Crippen LogP contribution in [0.3, 0.4) is 0 Å². The summed E-state index contributed by atoms with van der Waals surface area (Å²) in [6.45, 7) is 1.89. The van der Waals surface area contributed by atoms with E-state index in [0.29, 0.717) is 12.6 Å². The fourth-order valence-corrected chi connectivity index (χ4v) is 2.40. The molecular formula is C15H19O3P. The average molecular weight is 278 g/mol. The lowest BCUT2D eigenvalue weighted by Gasteiger charge is -2.13. The highest BCUT2D eigenvalue weighted by Crippen LogP contribution is 2.36. The molecule has 0 aliphatic carbocycles. The van der Waals surface area contributed by atoms with Gasteiger partial charge in [0.15, 0.2) is 8.38 Å². The molecule has 19 heavy (non-hydrogen) atoms. The van der Waals surface area contributed by atoms with E-state index >= 15 is 0 Å². The number of carbonyl (C=O) groups excluding carboxylic acids is 1. The topological polar surface area (TPSA) is 35.5 Å². The molecule has 0 heterocycles. The summed E-state index contributed by atoms with van der Waals surface area (Å²) in [6.07, 6.45) is 0.890. The Morgan fingerprint density at radius 1 is 1.26 bits per heavy atom. The van der Waals surface area contributed by atoms with Gasteiger partial charge in [-0.3, -0.25) is 4.79 Å². The van der Waals surface area contributed by atoms with Gasteiger partial charge in [0.25, 0.3) is 0 Å². The second kappa shape index (κ2) is 8.82. The molecule has 0 saturated heterocycles. The molecule has 4 heteroatoms. The number of rotatable bonds is 6. The van der Waals surface area contributed by atoms with Crippen molar-refractivity contribution in [2.45, 2.75) is 13.3 Å². The molecule has 0 amide bonds. The SMILES string of the molecule is COP(CC(=O)C(C)CC#Cc1ccccc1)OC. The van der Waals surface area contributed by atoms with Gasteiger partial charge in [-0.15, -0.1) is 0 Å². The van der Waals surface area contributed by atoms with Crippen LogP contribution in [0.4, 0.5) is 0 Å². The van der Waals surface area contributed by atoms with Crippen LogP contribution in [-0.4, -0.2) is 26.2 Å². The van der Waals surface area contributed by atoms with E-state index in [4.69, 9.17) is 9.05 Å². The number of hydrogen-bond donors (Lipinski definition) is 0. The zero-order chi connectivity index (χ0) is 14.1. The normalized spacial score (nSPS) is 11.8. The van der Waals surface area contributed by atoms with Crippen LogP contribution in [0.2, 0.25) is 0 Å². The third-order valence-corrected chi connectivity index (χ3v) is 4.04. The van der Waals surface area contributed by atoms with Crippen LogP contribution >= 0.6 is 8.38 Å². The molecule has 3 nitrogen and oxygen atoms in total. The lowest BCUT2D eigenvalue weighted by atomic mass is 10.0. The Hall–Kier alpha value is -1.20. The third kappa shape index (κ3) is 5.98. The van der Waals surface area contributed by atoms with Gasteiger partial charge in [0.05, 0.1) is 6.16 Å². The first-order valence-corrected chi connectivity index (χ1v) is 7.46. The number of hydrogen-bond acceptors (Lipinski definition) is 3. The first-order valence-electron chi connectivity index (χ1n) is 6.09. The maximum atomic E-state index is 11.9. The lowest BCUT2D eigenvalue weighted by Crippen LogP contribution is -2.14. The van der Waals surface area contributed by atoms with Crippen molar-refractivity contribution in [1.29, 1.82) is 0 Å². The summed E-state index contributed by atoms with van der Waals surface area (Å²) in [5.41, 5.74) is 0.971. The molecule has 1 unspecified atom stereocenters. The maximum absolute atomic E-state index is 11.9. The van der Waals surface area contributed by atoms with E-state index in [1.54, 1.807) is 14.2 Å². The summed E-state index contributed by atoms with van der Waals surface area (Å²) < 4.78 is 10.2.